The maximum Gasteiger partial charge on any atom is 0.339 e. The molecule has 1 fully saturated rings. The highest BCUT2D eigenvalue weighted by atomic mass is 16.4. The average molecular weight is 235 g/mol. The summed E-state index contributed by atoms with van der Waals surface area (Å²) < 4.78 is 0. The van der Waals surface area contributed by atoms with Gasteiger partial charge in [-0.3, -0.25) is 4.90 Å². The van der Waals surface area contributed by atoms with Crippen molar-refractivity contribution < 1.29 is 15.0 Å². The summed E-state index contributed by atoms with van der Waals surface area (Å²) in [5, 5.41) is 18.4. The standard InChI is InChI=1S/C13H17NO3/c1-9(14-6-2-3-7-14)10-4-5-12(15)11(8-10)13(16)17/h4-5,8-9,15H,2-3,6-7H2,1H3,(H,16,17). The van der Waals surface area contributed by atoms with Crippen LogP contribution in [-0.4, -0.2) is 34.2 Å². The maximum absolute atomic E-state index is 10.9. The van der Waals surface area contributed by atoms with Gasteiger partial charge in [0, 0.05) is 6.04 Å². The molecule has 1 aliphatic rings. The van der Waals surface area contributed by atoms with E-state index in [1.165, 1.54) is 18.9 Å². The van der Waals surface area contributed by atoms with Crippen LogP contribution in [0.4, 0.5) is 0 Å². The highest BCUT2D eigenvalue weighted by Crippen LogP contribution is 2.28. The van der Waals surface area contributed by atoms with Crippen molar-refractivity contribution in [3.8, 4) is 5.75 Å². The van der Waals surface area contributed by atoms with Crippen molar-refractivity contribution in [1.29, 1.82) is 0 Å². The number of rotatable bonds is 3. The Morgan fingerprint density at radius 2 is 2.00 bits per heavy atom. The summed E-state index contributed by atoms with van der Waals surface area (Å²) in [6.45, 7) is 4.19. The fraction of sp³-hybridized carbons (Fsp3) is 0.462. The van der Waals surface area contributed by atoms with Crippen LogP contribution in [0.5, 0.6) is 5.75 Å². The number of aromatic hydroxyl groups is 1. The molecule has 1 heterocycles. The maximum atomic E-state index is 10.9. The smallest absolute Gasteiger partial charge is 0.339 e. The van der Waals surface area contributed by atoms with Gasteiger partial charge in [-0.1, -0.05) is 6.07 Å². The van der Waals surface area contributed by atoms with Crippen LogP contribution in [0.2, 0.25) is 0 Å². The zero-order chi connectivity index (χ0) is 12.4. The zero-order valence-corrected chi connectivity index (χ0v) is 9.89. The number of nitrogens with zero attached hydrogens (tertiary/aromatic N) is 1. The third-order valence-electron chi connectivity index (χ3n) is 3.42. The molecule has 0 bridgehead atoms. The molecule has 2 N–H and O–H groups in total. The molecule has 1 aliphatic heterocycles. The van der Waals surface area contributed by atoms with Gasteiger partial charge in [0.15, 0.2) is 0 Å². The number of aromatic carboxylic acids is 1. The molecular formula is C13H17NO3. The van der Waals surface area contributed by atoms with Gasteiger partial charge in [-0.25, -0.2) is 4.79 Å². The van der Waals surface area contributed by atoms with Crippen LogP contribution in [0.3, 0.4) is 0 Å². The number of carboxylic acid groups (broad SMARTS) is 1. The lowest BCUT2D eigenvalue weighted by molar-refractivity contribution is 0.0693. The Kier molecular flexibility index (Phi) is 3.33. The summed E-state index contributed by atoms with van der Waals surface area (Å²) in [5.41, 5.74) is 0.927. The normalized spacial score (nSPS) is 18.2. The van der Waals surface area contributed by atoms with Gasteiger partial charge in [0.05, 0.1) is 0 Å². The summed E-state index contributed by atoms with van der Waals surface area (Å²) in [5.74, 6) is -1.26. The molecule has 2 rings (SSSR count). The van der Waals surface area contributed by atoms with Gasteiger partial charge in [0.2, 0.25) is 0 Å². The van der Waals surface area contributed by atoms with Crippen LogP contribution in [0.1, 0.15) is 41.7 Å². The lowest BCUT2D eigenvalue weighted by atomic mass is 10.0. The Labute approximate surface area is 100 Å². The fourth-order valence-corrected chi connectivity index (χ4v) is 2.32. The van der Waals surface area contributed by atoms with Crippen LogP contribution < -0.4 is 0 Å². The number of phenols is 1. The monoisotopic (exact) mass is 235 g/mol. The number of likely N-dealkylation sites (tertiary alicyclic amines) is 1. The quantitative estimate of drug-likeness (QED) is 0.843. The number of carboxylic acids is 1. The largest absolute Gasteiger partial charge is 0.507 e. The van der Waals surface area contributed by atoms with E-state index in [4.69, 9.17) is 5.11 Å². The molecule has 4 nitrogen and oxygen atoms in total. The van der Waals surface area contributed by atoms with Gasteiger partial charge in [-0.2, -0.15) is 0 Å². The lowest BCUT2D eigenvalue weighted by Gasteiger charge is -2.24. The molecule has 1 aromatic rings. The van der Waals surface area contributed by atoms with Gasteiger partial charge in [0.1, 0.15) is 11.3 Å². The van der Waals surface area contributed by atoms with E-state index < -0.39 is 5.97 Å². The second kappa shape index (κ2) is 4.75. The van der Waals surface area contributed by atoms with E-state index in [-0.39, 0.29) is 17.4 Å². The van der Waals surface area contributed by atoms with Crippen molar-refractivity contribution in [2.45, 2.75) is 25.8 Å². The van der Waals surface area contributed by atoms with Crippen molar-refractivity contribution in [2.75, 3.05) is 13.1 Å². The van der Waals surface area contributed by atoms with Crippen molar-refractivity contribution in [3.05, 3.63) is 29.3 Å². The first-order valence-corrected chi connectivity index (χ1v) is 5.90. The van der Waals surface area contributed by atoms with Gasteiger partial charge in [-0.15, -0.1) is 0 Å². The van der Waals surface area contributed by atoms with E-state index in [0.717, 1.165) is 18.7 Å². The molecule has 1 atom stereocenters. The third-order valence-corrected chi connectivity index (χ3v) is 3.42. The van der Waals surface area contributed by atoms with E-state index in [9.17, 15) is 9.90 Å². The number of benzene rings is 1. The molecule has 0 radical (unpaired) electrons. The molecule has 0 aromatic heterocycles. The van der Waals surface area contributed by atoms with Crippen LogP contribution in [0.15, 0.2) is 18.2 Å². The summed E-state index contributed by atoms with van der Waals surface area (Å²) >= 11 is 0. The van der Waals surface area contributed by atoms with Crippen molar-refractivity contribution in [1.82, 2.24) is 4.90 Å². The Balaban J connectivity index is 2.26. The van der Waals surface area contributed by atoms with E-state index >= 15 is 0 Å². The van der Waals surface area contributed by atoms with E-state index in [1.54, 1.807) is 12.1 Å². The molecule has 1 unspecified atom stereocenters. The minimum Gasteiger partial charge on any atom is -0.507 e. The van der Waals surface area contributed by atoms with Crippen molar-refractivity contribution in [3.63, 3.8) is 0 Å². The molecule has 0 aliphatic carbocycles. The average Bonchev–Trinajstić information content (AvgIpc) is 2.81. The Morgan fingerprint density at radius 3 is 2.59 bits per heavy atom. The molecule has 1 saturated heterocycles. The predicted octanol–water partition coefficient (Wildman–Crippen LogP) is 2.25. The molecule has 4 heteroatoms. The molecular weight excluding hydrogens is 218 g/mol. The van der Waals surface area contributed by atoms with Gasteiger partial charge in [0.25, 0.3) is 0 Å². The molecule has 0 saturated carbocycles. The van der Waals surface area contributed by atoms with E-state index in [0.29, 0.717) is 0 Å². The lowest BCUT2D eigenvalue weighted by Crippen LogP contribution is -2.23. The minimum atomic E-state index is -1.09. The Hall–Kier alpha value is -1.55. The fourth-order valence-electron chi connectivity index (χ4n) is 2.32. The summed E-state index contributed by atoms with van der Waals surface area (Å²) in [4.78, 5) is 13.3. The topological polar surface area (TPSA) is 60.8 Å². The molecule has 1 aromatic carbocycles. The first-order valence-electron chi connectivity index (χ1n) is 5.90. The summed E-state index contributed by atoms with van der Waals surface area (Å²) in [7, 11) is 0. The Bertz CT molecular complexity index is 425. The third kappa shape index (κ3) is 2.42. The van der Waals surface area contributed by atoms with Crippen molar-refractivity contribution >= 4 is 5.97 Å². The van der Waals surface area contributed by atoms with Crippen LogP contribution in [0, 0.1) is 0 Å². The van der Waals surface area contributed by atoms with Crippen molar-refractivity contribution in [2.24, 2.45) is 0 Å². The van der Waals surface area contributed by atoms with Crippen LogP contribution >= 0.6 is 0 Å². The number of carbonyl (C=O) groups is 1. The Morgan fingerprint density at radius 1 is 1.35 bits per heavy atom. The highest BCUT2D eigenvalue weighted by molar-refractivity contribution is 5.90. The first kappa shape index (κ1) is 11.9. The SMILES string of the molecule is CC(c1ccc(O)c(C(=O)O)c1)N1CCCC1. The second-order valence-corrected chi connectivity index (χ2v) is 4.50. The molecule has 17 heavy (non-hydrogen) atoms. The minimum absolute atomic E-state index is 0.0199. The molecule has 92 valence electrons. The van der Waals surface area contributed by atoms with E-state index in [2.05, 4.69) is 11.8 Å². The van der Waals surface area contributed by atoms with E-state index in [1.807, 2.05) is 0 Å². The zero-order valence-electron chi connectivity index (χ0n) is 9.89. The molecule has 0 amide bonds. The van der Waals surface area contributed by atoms with Gasteiger partial charge >= 0.3 is 5.97 Å². The highest BCUT2D eigenvalue weighted by Gasteiger charge is 2.21. The summed E-state index contributed by atoms with van der Waals surface area (Å²) in [6.07, 6.45) is 2.41. The van der Waals surface area contributed by atoms with Gasteiger partial charge < -0.3 is 10.2 Å². The predicted molar refractivity (Wildman–Crippen MR) is 64.3 cm³/mol. The molecule has 0 spiro atoms. The number of hydrogen-bond acceptors (Lipinski definition) is 3. The second-order valence-electron chi connectivity index (χ2n) is 4.50. The van der Waals surface area contributed by atoms with Crippen LogP contribution in [-0.2, 0) is 0 Å². The number of hydrogen-bond donors (Lipinski definition) is 2. The van der Waals surface area contributed by atoms with Crippen LogP contribution in [0.25, 0.3) is 0 Å². The summed E-state index contributed by atoms with van der Waals surface area (Å²) in [6, 6.07) is 5.03. The first-order chi connectivity index (χ1) is 8.09. The van der Waals surface area contributed by atoms with Gasteiger partial charge in [-0.05, 0) is 50.6 Å².